The summed E-state index contributed by atoms with van der Waals surface area (Å²) in [5.74, 6) is 0.0576. The molecule has 1 amide bonds. The normalized spacial score (nSPS) is 19.3. The minimum Gasteiger partial charge on any atom is -0.494 e. The maximum atomic E-state index is 13.4. The quantitative estimate of drug-likeness (QED) is 0.652. The lowest BCUT2D eigenvalue weighted by Gasteiger charge is -2.35. The van der Waals surface area contributed by atoms with Gasteiger partial charge in [0.2, 0.25) is 15.9 Å². The average molecular weight is 475 g/mol. The average Bonchev–Trinajstić information content (AvgIpc) is 3.29. The number of hydrogen-bond acceptors (Lipinski definition) is 4. The Hall–Kier alpha value is -2.45. The van der Waals surface area contributed by atoms with Crippen molar-refractivity contribution < 1.29 is 22.3 Å². The zero-order valence-electron chi connectivity index (χ0n) is 18.9. The molecule has 8 heteroatoms. The van der Waals surface area contributed by atoms with Gasteiger partial charge >= 0.3 is 0 Å². The first-order valence-electron chi connectivity index (χ1n) is 11.7. The smallest absolute Gasteiger partial charge is 0.243 e. The third-order valence-electron chi connectivity index (χ3n) is 6.81. The van der Waals surface area contributed by atoms with Gasteiger partial charge in [-0.2, -0.15) is 4.31 Å². The van der Waals surface area contributed by atoms with Gasteiger partial charge in [0.15, 0.2) is 0 Å². The topological polar surface area (TPSA) is 75.7 Å². The molecule has 4 rings (SSSR count). The molecule has 1 aliphatic heterocycles. The molecular formula is C25H31FN2O4S. The molecule has 0 spiro atoms. The molecule has 2 aromatic rings. The number of carbonyl (C=O) groups excluding carboxylic acids is 1. The highest BCUT2D eigenvalue weighted by atomic mass is 32.2. The standard InChI is InChI=1S/C25H31FN2O4S/c1-2-32-22-9-11-23(12-10-22)33(30,31)28-17-13-19(14-18-28)24(29)27-25(15-3-4-16-25)20-5-7-21(26)8-6-20/h5-12,19H,2-4,13-18H2,1H3,(H,27,29). The van der Waals surface area contributed by atoms with Crippen molar-refractivity contribution in [3.8, 4) is 5.75 Å². The number of sulfonamides is 1. The second-order valence-electron chi connectivity index (χ2n) is 8.87. The van der Waals surface area contributed by atoms with Crippen LogP contribution in [-0.2, 0) is 20.4 Å². The Bertz CT molecular complexity index is 1060. The molecule has 1 N–H and O–H groups in total. The Morgan fingerprint density at radius 1 is 1.06 bits per heavy atom. The van der Waals surface area contributed by atoms with Crippen molar-refractivity contribution in [1.29, 1.82) is 0 Å². The van der Waals surface area contributed by atoms with E-state index in [1.807, 2.05) is 6.92 Å². The predicted molar refractivity (Wildman–Crippen MR) is 124 cm³/mol. The number of nitrogens with one attached hydrogen (secondary N) is 1. The zero-order valence-corrected chi connectivity index (χ0v) is 19.7. The number of ether oxygens (including phenoxy) is 1. The number of amides is 1. The first-order chi connectivity index (χ1) is 15.8. The highest BCUT2D eigenvalue weighted by Gasteiger charge is 2.40. The van der Waals surface area contributed by atoms with Crippen LogP contribution in [0.4, 0.5) is 4.39 Å². The molecule has 0 unspecified atom stereocenters. The number of hydrogen-bond donors (Lipinski definition) is 1. The molecule has 6 nitrogen and oxygen atoms in total. The Labute approximate surface area is 195 Å². The molecule has 2 fully saturated rings. The van der Waals surface area contributed by atoms with Crippen molar-refractivity contribution in [2.75, 3.05) is 19.7 Å². The van der Waals surface area contributed by atoms with Crippen LogP contribution < -0.4 is 10.1 Å². The van der Waals surface area contributed by atoms with Gasteiger partial charge in [0.05, 0.1) is 17.0 Å². The van der Waals surface area contributed by atoms with E-state index in [2.05, 4.69) is 5.32 Å². The summed E-state index contributed by atoms with van der Waals surface area (Å²) in [5, 5.41) is 3.26. The van der Waals surface area contributed by atoms with Gasteiger partial charge < -0.3 is 10.1 Å². The first-order valence-corrected chi connectivity index (χ1v) is 13.1. The van der Waals surface area contributed by atoms with E-state index in [1.54, 1.807) is 36.4 Å². The molecule has 0 aromatic heterocycles. The molecule has 0 atom stereocenters. The van der Waals surface area contributed by atoms with Crippen LogP contribution in [0.5, 0.6) is 5.75 Å². The number of nitrogens with zero attached hydrogens (tertiary/aromatic N) is 1. The first kappa shape index (κ1) is 23.7. The summed E-state index contributed by atoms with van der Waals surface area (Å²) in [6.45, 7) is 3.00. The van der Waals surface area contributed by atoms with Crippen LogP contribution in [0.25, 0.3) is 0 Å². The minimum atomic E-state index is -3.61. The van der Waals surface area contributed by atoms with E-state index >= 15 is 0 Å². The number of carbonyl (C=O) groups is 1. The van der Waals surface area contributed by atoms with Crippen molar-refractivity contribution >= 4 is 15.9 Å². The molecule has 1 saturated carbocycles. The van der Waals surface area contributed by atoms with Crippen molar-refractivity contribution in [2.24, 2.45) is 5.92 Å². The lowest BCUT2D eigenvalue weighted by Crippen LogP contribution is -2.49. The van der Waals surface area contributed by atoms with Gasteiger partial charge in [0.1, 0.15) is 11.6 Å². The van der Waals surface area contributed by atoms with Crippen molar-refractivity contribution in [2.45, 2.75) is 55.9 Å². The highest BCUT2D eigenvalue weighted by molar-refractivity contribution is 7.89. The zero-order chi connectivity index (χ0) is 23.5. The number of halogens is 1. The third-order valence-corrected chi connectivity index (χ3v) is 8.73. The molecule has 0 bridgehead atoms. The summed E-state index contributed by atoms with van der Waals surface area (Å²) >= 11 is 0. The maximum Gasteiger partial charge on any atom is 0.243 e. The van der Waals surface area contributed by atoms with Gasteiger partial charge in [-0.05, 0) is 74.6 Å². The number of piperidine rings is 1. The fraction of sp³-hybridized carbons (Fsp3) is 0.480. The summed E-state index contributed by atoms with van der Waals surface area (Å²) in [7, 11) is -3.61. The molecule has 1 saturated heterocycles. The van der Waals surface area contributed by atoms with E-state index < -0.39 is 15.6 Å². The fourth-order valence-electron chi connectivity index (χ4n) is 4.95. The van der Waals surface area contributed by atoms with Gasteiger partial charge in [0, 0.05) is 19.0 Å². The molecule has 1 heterocycles. The van der Waals surface area contributed by atoms with E-state index in [9.17, 15) is 17.6 Å². The summed E-state index contributed by atoms with van der Waals surface area (Å²) in [5.41, 5.74) is 0.473. The number of rotatable bonds is 7. The van der Waals surface area contributed by atoms with E-state index in [1.165, 1.54) is 16.4 Å². The van der Waals surface area contributed by atoms with Gasteiger partial charge in [-0.1, -0.05) is 25.0 Å². The van der Waals surface area contributed by atoms with Gasteiger partial charge in [0.25, 0.3) is 0 Å². The van der Waals surface area contributed by atoms with Crippen molar-refractivity contribution in [1.82, 2.24) is 9.62 Å². The molecule has 33 heavy (non-hydrogen) atoms. The van der Waals surface area contributed by atoms with Crippen LogP contribution in [-0.4, -0.2) is 38.3 Å². The second kappa shape index (κ2) is 9.81. The Kier molecular flexibility index (Phi) is 7.05. The van der Waals surface area contributed by atoms with Crippen LogP contribution in [0.15, 0.2) is 53.4 Å². The minimum absolute atomic E-state index is 0.0423. The van der Waals surface area contributed by atoms with E-state index in [0.717, 1.165) is 31.2 Å². The number of benzene rings is 2. The molecule has 2 aromatic carbocycles. The highest BCUT2D eigenvalue weighted by Crippen LogP contribution is 2.39. The SMILES string of the molecule is CCOc1ccc(S(=O)(=O)N2CCC(C(=O)NC3(c4ccc(F)cc4)CCCC3)CC2)cc1. The largest absolute Gasteiger partial charge is 0.494 e. The second-order valence-corrected chi connectivity index (χ2v) is 10.8. The predicted octanol–water partition coefficient (Wildman–Crippen LogP) is 4.21. The van der Waals surface area contributed by atoms with Crippen LogP contribution in [0, 0.1) is 11.7 Å². The van der Waals surface area contributed by atoms with Crippen LogP contribution in [0.2, 0.25) is 0 Å². The summed E-state index contributed by atoms with van der Waals surface area (Å²) in [4.78, 5) is 13.4. The molecule has 178 valence electrons. The molecule has 2 aliphatic rings. The Balaban J connectivity index is 1.39. The fourth-order valence-corrected chi connectivity index (χ4v) is 6.42. The Morgan fingerprint density at radius 3 is 2.24 bits per heavy atom. The monoisotopic (exact) mass is 474 g/mol. The maximum absolute atomic E-state index is 13.4. The van der Waals surface area contributed by atoms with Gasteiger partial charge in [-0.3, -0.25) is 4.79 Å². The molecule has 1 aliphatic carbocycles. The molecule has 0 radical (unpaired) electrons. The van der Waals surface area contributed by atoms with Gasteiger partial charge in [-0.15, -0.1) is 0 Å². The van der Waals surface area contributed by atoms with Crippen molar-refractivity contribution in [3.63, 3.8) is 0 Å². The van der Waals surface area contributed by atoms with E-state index in [4.69, 9.17) is 4.74 Å². The van der Waals surface area contributed by atoms with E-state index in [-0.39, 0.29) is 22.5 Å². The third kappa shape index (κ3) is 5.06. The lowest BCUT2D eigenvalue weighted by atomic mass is 9.86. The summed E-state index contributed by atoms with van der Waals surface area (Å²) in [6.07, 6.45) is 4.63. The molecular weight excluding hydrogens is 443 g/mol. The van der Waals surface area contributed by atoms with Gasteiger partial charge in [-0.25, -0.2) is 12.8 Å². The van der Waals surface area contributed by atoms with Crippen LogP contribution in [0.1, 0.15) is 51.0 Å². The van der Waals surface area contributed by atoms with Crippen LogP contribution in [0.3, 0.4) is 0 Å². The Morgan fingerprint density at radius 2 is 1.67 bits per heavy atom. The van der Waals surface area contributed by atoms with Crippen molar-refractivity contribution in [3.05, 3.63) is 59.9 Å². The summed E-state index contributed by atoms with van der Waals surface area (Å²) < 4.78 is 46.3. The summed E-state index contributed by atoms with van der Waals surface area (Å²) in [6, 6.07) is 12.8. The van der Waals surface area contributed by atoms with Crippen LogP contribution >= 0.6 is 0 Å². The lowest BCUT2D eigenvalue weighted by molar-refractivity contribution is -0.128. The van der Waals surface area contributed by atoms with E-state index in [0.29, 0.717) is 38.3 Å².